The van der Waals surface area contributed by atoms with E-state index in [4.69, 9.17) is 10.5 Å². The Morgan fingerprint density at radius 1 is 0.586 bits per heavy atom. The quantitative estimate of drug-likeness (QED) is 0.123. The van der Waals surface area contributed by atoms with Crippen LogP contribution in [0.5, 0.6) is 0 Å². The van der Waals surface area contributed by atoms with Gasteiger partial charge in [0.1, 0.15) is 6.29 Å². The first-order chi connectivity index (χ1) is 28.1. The van der Waals surface area contributed by atoms with Gasteiger partial charge in [0.2, 0.25) is 0 Å². The minimum atomic E-state index is -0.206. The third-order valence-corrected chi connectivity index (χ3v) is 10.0. The molecule has 0 radical (unpaired) electrons. The zero-order valence-electron chi connectivity index (χ0n) is 32.2. The fourth-order valence-corrected chi connectivity index (χ4v) is 6.95. The molecule has 10 heteroatoms. The fraction of sp³-hybridized carbons (Fsp3) is 0.188. The van der Waals surface area contributed by atoms with Crippen molar-refractivity contribution in [3.05, 3.63) is 166 Å². The zero-order chi connectivity index (χ0) is 41.6. The van der Waals surface area contributed by atoms with Gasteiger partial charge in [0.15, 0.2) is 0 Å². The Morgan fingerprint density at radius 2 is 0.983 bits per heavy atom. The fourth-order valence-electron chi connectivity index (χ4n) is 6.95. The maximum atomic E-state index is 13.2. The highest BCUT2D eigenvalue weighted by Gasteiger charge is 2.22. The number of fused-ring (bicyclic) bond motifs is 2. The lowest BCUT2D eigenvalue weighted by atomic mass is 9.94. The van der Waals surface area contributed by atoms with E-state index in [0.717, 1.165) is 39.0 Å². The second-order valence-electron chi connectivity index (χ2n) is 13.9. The molecule has 286 valence electrons. The third kappa shape index (κ3) is 9.96. The van der Waals surface area contributed by atoms with Gasteiger partial charge in [-0.2, -0.15) is 21.0 Å². The van der Waals surface area contributed by atoms with Crippen LogP contribution in [0.1, 0.15) is 78.8 Å². The molecule has 0 saturated heterocycles. The number of likely N-dealkylation sites (N-methyl/N-ethyl adjacent to an activating group) is 2. The maximum absolute atomic E-state index is 13.2. The standard InChI is InChI=1S/C24H21N3O2.C24H19N3O2/c2*1-27(16-21(10-11-28)19-8-6-17(14-25)7-9-19)24(29)23-13-18(15-26)12-20-4-2-3-5-22(20)23/h2-9,12-13,21,28H,10-11,16H2,1H3;2-9,11-13,21H,10,16H2,1H3. The summed E-state index contributed by atoms with van der Waals surface area (Å²) >= 11 is 0. The summed E-state index contributed by atoms with van der Waals surface area (Å²) in [7, 11) is 3.42. The molecule has 0 spiro atoms. The summed E-state index contributed by atoms with van der Waals surface area (Å²) in [5.74, 6) is -0.621. The van der Waals surface area contributed by atoms with Crippen LogP contribution in [0, 0.1) is 45.3 Å². The van der Waals surface area contributed by atoms with Crippen molar-refractivity contribution in [3.63, 3.8) is 0 Å². The SMILES string of the molecule is CN(CC(CC=O)c1ccc(C#N)cc1)C(=O)c1cc(C#N)cc2ccccc12.CN(CC(CCO)c1ccc(C#N)cc1)C(=O)c1cc(C#N)cc2ccccc12. The molecule has 0 fully saturated rings. The predicted molar refractivity (Wildman–Crippen MR) is 221 cm³/mol. The number of nitrogens with zero attached hydrogens (tertiary/aromatic N) is 6. The Morgan fingerprint density at radius 3 is 1.38 bits per heavy atom. The van der Waals surface area contributed by atoms with Crippen LogP contribution < -0.4 is 0 Å². The number of hydrogen-bond acceptors (Lipinski definition) is 8. The van der Waals surface area contributed by atoms with E-state index >= 15 is 0 Å². The van der Waals surface area contributed by atoms with Crippen molar-refractivity contribution in [1.82, 2.24) is 9.80 Å². The van der Waals surface area contributed by atoms with E-state index in [0.29, 0.717) is 52.9 Å². The number of amides is 2. The first kappa shape index (κ1) is 41.5. The van der Waals surface area contributed by atoms with Crippen LogP contribution in [0.4, 0.5) is 0 Å². The molecule has 0 aromatic heterocycles. The lowest BCUT2D eigenvalue weighted by Crippen LogP contribution is -2.31. The van der Waals surface area contributed by atoms with Crippen LogP contribution in [0.15, 0.2) is 121 Å². The Balaban J connectivity index is 0.000000221. The molecule has 0 bridgehead atoms. The van der Waals surface area contributed by atoms with Crippen LogP contribution in [0.3, 0.4) is 0 Å². The summed E-state index contributed by atoms with van der Waals surface area (Å²) in [6, 6.07) is 44.4. The van der Waals surface area contributed by atoms with E-state index in [1.54, 1.807) is 72.4 Å². The molecule has 1 N–H and O–H groups in total. The molecular formula is C48H40N6O4. The van der Waals surface area contributed by atoms with Crippen molar-refractivity contribution in [2.75, 3.05) is 33.8 Å². The van der Waals surface area contributed by atoms with Crippen molar-refractivity contribution < 1.29 is 19.5 Å². The molecule has 58 heavy (non-hydrogen) atoms. The number of carbonyl (C=O) groups excluding carboxylic acids is 3. The lowest BCUT2D eigenvalue weighted by Gasteiger charge is -2.25. The normalized spacial score (nSPS) is 11.4. The summed E-state index contributed by atoms with van der Waals surface area (Å²) in [6.45, 7) is 0.754. The largest absolute Gasteiger partial charge is 0.396 e. The van der Waals surface area contributed by atoms with Crippen LogP contribution in [0.2, 0.25) is 0 Å². The second kappa shape index (κ2) is 19.8. The summed E-state index contributed by atoms with van der Waals surface area (Å²) in [6.07, 6.45) is 1.61. The van der Waals surface area contributed by atoms with Crippen LogP contribution >= 0.6 is 0 Å². The monoisotopic (exact) mass is 764 g/mol. The summed E-state index contributed by atoms with van der Waals surface area (Å²) in [5.41, 5.74) is 4.80. The highest BCUT2D eigenvalue weighted by Crippen LogP contribution is 2.27. The zero-order valence-corrected chi connectivity index (χ0v) is 32.2. The van der Waals surface area contributed by atoms with Crippen LogP contribution in [0.25, 0.3) is 21.5 Å². The summed E-state index contributed by atoms with van der Waals surface area (Å²) in [4.78, 5) is 40.8. The van der Waals surface area contributed by atoms with Gasteiger partial charge < -0.3 is 19.7 Å². The lowest BCUT2D eigenvalue weighted by molar-refractivity contribution is -0.108. The van der Waals surface area contributed by atoms with E-state index in [2.05, 4.69) is 24.3 Å². The Labute approximate surface area is 337 Å². The molecule has 10 nitrogen and oxygen atoms in total. The molecule has 0 aliphatic heterocycles. The summed E-state index contributed by atoms with van der Waals surface area (Å²) < 4.78 is 0. The highest BCUT2D eigenvalue weighted by molar-refractivity contribution is 6.08. The molecule has 6 aromatic carbocycles. The number of aldehydes is 1. The first-order valence-corrected chi connectivity index (χ1v) is 18.6. The highest BCUT2D eigenvalue weighted by atomic mass is 16.3. The van der Waals surface area contributed by atoms with Crippen LogP contribution in [-0.2, 0) is 4.79 Å². The molecule has 2 unspecified atom stereocenters. The van der Waals surface area contributed by atoms with Crippen molar-refractivity contribution in [2.45, 2.75) is 24.7 Å². The number of aliphatic hydroxyl groups excluding tert-OH is 1. The van der Waals surface area contributed by atoms with Crippen molar-refractivity contribution in [3.8, 4) is 24.3 Å². The van der Waals surface area contributed by atoms with E-state index in [-0.39, 0.29) is 36.7 Å². The molecule has 0 heterocycles. The van der Waals surface area contributed by atoms with Gasteiger partial charge in [-0.1, -0.05) is 72.8 Å². The number of rotatable bonds is 12. The van der Waals surface area contributed by atoms with Crippen molar-refractivity contribution in [1.29, 1.82) is 21.0 Å². The first-order valence-electron chi connectivity index (χ1n) is 18.6. The van der Waals surface area contributed by atoms with Gasteiger partial charge >= 0.3 is 0 Å². The van der Waals surface area contributed by atoms with Gasteiger partial charge in [-0.25, -0.2) is 0 Å². The second-order valence-corrected chi connectivity index (χ2v) is 13.9. The van der Waals surface area contributed by atoms with E-state index in [1.165, 1.54) is 0 Å². The average molecular weight is 765 g/mol. The number of benzene rings is 6. The minimum absolute atomic E-state index is 0.000450. The Kier molecular flexibility index (Phi) is 14.2. The molecule has 0 aliphatic rings. The topological polar surface area (TPSA) is 173 Å². The molecule has 2 atom stereocenters. The number of nitriles is 4. The van der Waals surface area contributed by atoms with Gasteiger partial charge in [0.25, 0.3) is 11.8 Å². The molecule has 0 saturated carbocycles. The van der Waals surface area contributed by atoms with E-state index < -0.39 is 0 Å². The number of aliphatic hydroxyl groups is 1. The predicted octanol–water partition coefficient (Wildman–Crippen LogP) is 7.85. The molecule has 2 amide bonds. The molecule has 6 aromatic rings. The third-order valence-electron chi connectivity index (χ3n) is 10.0. The van der Waals surface area contributed by atoms with E-state index in [1.807, 2.05) is 72.8 Å². The molecular weight excluding hydrogens is 725 g/mol. The van der Waals surface area contributed by atoms with E-state index in [9.17, 15) is 30.0 Å². The van der Waals surface area contributed by atoms with Crippen LogP contribution in [-0.4, -0.2) is 66.8 Å². The Bertz CT molecular complexity index is 2610. The Hall–Kier alpha value is -7.63. The number of hydrogen-bond donors (Lipinski definition) is 1. The van der Waals surface area contributed by atoms with Crippen molar-refractivity contribution in [2.24, 2.45) is 0 Å². The summed E-state index contributed by atoms with van der Waals surface area (Å²) in [5, 5.41) is 49.3. The minimum Gasteiger partial charge on any atom is -0.396 e. The number of carbonyl (C=O) groups is 3. The van der Waals surface area contributed by atoms with Gasteiger partial charge in [-0.3, -0.25) is 9.59 Å². The van der Waals surface area contributed by atoms with Gasteiger partial charge in [0.05, 0.1) is 46.5 Å². The van der Waals surface area contributed by atoms with Crippen molar-refractivity contribution >= 4 is 39.6 Å². The van der Waals surface area contributed by atoms with Gasteiger partial charge in [-0.05, 0) is 87.6 Å². The molecule has 0 aliphatic carbocycles. The smallest absolute Gasteiger partial charge is 0.254 e. The maximum Gasteiger partial charge on any atom is 0.254 e. The molecule has 6 rings (SSSR count). The average Bonchev–Trinajstić information content (AvgIpc) is 3.27. The van der Waals surface area contributed by atoms with Gasteiger partial charge in [-0.15, -0.1) is 0 Å². The van der Waals surface area contributed by atoms with Gasteiger partial charge in [0, 0.05) is 63.2 Å².